The number of Topliss-reactive ketones (excluding diaryl/α,β-unsaturated/α-hetero) is 1. The van der Waals surface area contributed by atoms with Crippen molar-refractivity contribution in [2.75, 3.05) is 7.11 Å². The van der Waals surface area contributed by atoms with E-state index in [1.807, 2.05) is 18.2 Å². The fraction of sp³-hybridized carbons (Fsp3) is 0.588. The first kappa shape index (κ1) is 15.0. The molecule has 1 aromatic carbocycles. The van der Waals surface area contributed by atoms with Crippen LogP contribution in [-0.2, 0) is 6.54 Å². The van der Waals surface area contributed by atoms with Gasteiger partial charge in [-0.25, -0.2) is 0 Å². The van der Waals surface area contributed by atoms with E-state index in [2.05, 4.69) is 18.7 Å². The van der Waals surface area contributed by atoms with Crippen molar-refractivity contribution >= 4 is 5.78 Å². The quantitative estimate of drug-likeness (QED) is 0.785. The van der Waals surface area contributed by atoms with Gasteiger partial charge in [0.2, 0.25) is 0 Å². The van der Waals surface area contributed by atoms with Gasteiger partial charge in [0.25, 0.3) is 0 Å². The molecule has 1 aromatic rings. The fourth-order valence-corrected chi connectivity index (χ4v) is 3.10. The minimum Gasteiger partial charge on any atom is -0.496 e. The van der Waals surface area contributed by atoms with E-state index in [9.17, 15) is 4.79 Å². The van der Waals surface area contributed by atoms with Gasteiger partial charge < -0.3 is 4.74 Å². The molecule has 2 atom stereocenters. The van der Waals surface area contributed by atoms with Gasteiger partial charge in [-0.05, 0) is 51.8 Å². The van der Waals surface area contributed by atoms with Crippen LogP contribution in [0.5, 0.6) is 5.75 Å². The Morgan fingerprint density at radius 1 is 1.30 bits per heavy atom. The molecular formula is C17H25NO2. The third-order valence-corrected chi connectivity index (χ3v) is 4.42. The van der Waals surface area contributed by atoms with Gasteiger partial charge in [-0.3, -0.25) is 9.69 Å². The Morgan fingerprint density at radius 2 is 1.95 bits per heavy atom. The van der Waals surface area contributed by atoms with Gasteiger partial charge in [0, 0.05) is 29.8 Å². The van der Waals surface area contributed by atoms with Crippen LogP contribution < -0.4 is 4.74 Å². The topological polar surface area (TPSA) is 29.5 Å². The Labute approximate surface area is 121 Å². The Hall–Kier alpha value is -1.35. The summed E-state index contributed by atoms with van der Waals surface area (Å²) in [7, 11) is 1.69. The minimum absolute atomic E-state index is 0.105. The molecule has 1 saturated heterocycles. The Bertz CT molecular complexity index is 474. The number of hydrogen-bond donors (Lipinski definition) is 0. The van der Waals surface area contributed by atoms with Crippen molar-refractivity contribution in [2.45, 2.75) is 58.7 Å². The highest BCUT2D eigenvalue weighted by Gasteiger charge is 2.25. The zero-order valence-electron chi connectivity index (χ0n) is 13.0. The summed E-state index contributed by atoms with van der Waals surface area (Å²) in [5, 5.41) is 0. The lowest BCUT2D eigenvalue weighted by Crippen LogP contribution is -2.43. The van der Waals surface area contributed by atoms with Crippen molar-refractivity contribution < 1.29 is 9.53 Å². The summed E-state index contributed by atoms with van der Waals surface area (Å²) in [6.07, 6.45) is 3.81. The molecule has 3 heteroatoms. The number of rotatable bonds is 4. The fourth-order valence-electron chi connectivity index (χ4n) is 3.10. The largest absolute Gasteiger partial charge is 0.496 e. The van der Waals surface area contributed by atoms with Crippen LogP contribution in [0.15, 0.2) is 18.2 Å². The van der Waals surface area contributed by atoms with Gasteiger partial charge in [0.05, 0.1) is 7.11 Å². The minimum atomic E-state index is 0.105. The summed E-state index contributed by atoms with van der Waals surface area (Å²) in [4.78, 5) is 14.1. The maximum absolute atomic E-state index is 11.6. The van der Waals surface area contributed by atoms with Crippen molar-refractivity contribution in [3.05, 3.63) is 29.3 Å². The second-order valence-electron chi connectivity index (χ2n) is 5.88. The molecular weight excluding hydrogens is 250 g/mol. The maximum Gasteiger partial charge on any atom is 0.159 e. The molecule has 0 amide bonds. The molecule has 0 unspecified atom stereocenters. The number of nitrogens with zero attached hydrogens (tertiary/aromatic N) is 1. The summed E-state index contributed by atoms with van der Waals surface area (Å²) in [6, 6.07) is 6.91. The van der Waals surface area contributed by atoms with Gasteiger partial charge in [0.15, 0.2) is 5.78 Å². The molecule has 2 rings (SSSR count). The molecule has 1 aliphatic heterocycles. The van der Waals surface area contributed by atoms with Gasteiger partial charge in [-0.15, -0.1) is 0 Å². The number of piperidine rings is 1. The number of ether oxygens (including phenoxy) is 1. The molecule has 0 saturated carbocycles. The highest BCUT2D eigenvalue weighted by Crippen LogP contribution is 2.28. The second-order valence-corrected chi connectivity index (χ2v) is 5.88. The number of ketones is 1. The standard InChI is InChI=1S/C17H25NO2/c1-12-6-5-7-13(2)18(12)11-16-10-15(14(3)19)8-9-17(16)20-4/h8-10,12-13H,5-7,11H2,1-4H3/t12-,13+. The van der Waals surface area contributed by atoms with Crippen LogP contribution in [0, 0.1) is 0 Å². The van der Waals surface area contributed by atoms with Crippen LogP contribution in [0.1, 0.15) is 56.0 Å². The molecule has 0 bridgehead atoms. The first-order chi connectivity index (χ1) is 9.52. The van der Waals surface area contributed by atoms with E-state index in [0.29, 0.717) is 12.1 Å². The number of benzene rings is 1. The normalized spacial score (nSPS) is 23.6. The second kappa shape index (κ2) is 6.40. The van der Waals surface area contributed by atoms with Crippen molar-refractivity contribution in [2.24, 2.45) is 0 Å². The third kappa shape index (κ3) is 3.21. The Kier molecular flexibility index (Phi) is 4.81. The van der Waals surface area contributed by atoms with Crippen LogP contribution in [0.25, 0.3) is 0 Å². The number of methoxy groups -OCH3 is 1. The summed E-state index contributed by atoms with van der Waals surface area (Å²) < 4.78 is 5.45. The van der Waals surface area contributed by atoms with Crippen molar-refractivity contribution in [1.29, 1.82) is 0 Å². The average Bonchev–Trinajstić information content (AvgIpc) is 2.42. The molecule has 0 radical (unpaired) electrons. The molecule has 0 N–H and O–H groups in total. The van der Waals surface area contributed by atoms with Crippen molar-refractivity contribution in [3.63, 3.8) is 0 Å². The van der Waals surface area contributed by atoms with E-state index in [1.165, 1.54) is 19.3 Å². The maximum atomic E-state index is 11.6. The van der Waals surface area contributed by atoms with Crippen LogP contribution >= 0.6 is 0 Å². The van der Waals surface area contributed by atoms with Gasteiger partial charge in [0.1, 0.15) is 5.75 Å². The Balaban J connectivity index is 2.26. The van der Waals surface area contributed by atoms with Gasteiger partial charge in [-0.2, -0.15) is 0 Å². The summed E-state index contributed by atoms with van der Waals surface area (Å²) in [6.45, 7) is 7.04. The van der Waals surface area contributed by atoms with E-state index >= 15 is 0 Å². The lowest BCUT2D eigenvalue weighted by Gasteiger charge is -2.39. The molecule has 0 aromatic heterocycles. The zero-order valence-corrected chi connectivity index (χ0v) is 13.0. The van der Waals surface area contributed by atoms with Crippen LogP contribution in [-0.4, -0.2) is 29.9 Å². The first-order valence-electron chi connectivity index (χ1n) is 7.46. The van der Waals surface area contributed by atoms with E-state index < -0.39 is 0 Å². The first-order valence-corrected chi connectivity index (χ1v) is 7.46. The van der Waals surface area contributed by atoms with Crippen molar-refractivity contribution in [3.8, 4) is 5.75 Å². The SMILES string of the molecule is COc1ccc(C(C)=O)cc1CN1[C@H](C)CCC[C@@H]1C. The number of hydrogen-bond acceptors (Lipinski definition) is 3. The monoisotopic (exact) mass is 275 g/mol. The van der Waals surface area contributed by atoms with E-state index in [-0.39, 0.29) is 5.78 Å². The van der Waals surface area contributed by atoms with Gasteiger partial charge in [-0.1, -0.05) is 6.42 Å². The lowest BCUT2D eigenvalue weighted by molar-refractivity contribution is 0.0941. The number of likely N-dealkylation sites (tertiary alicyclic amines) is 1. The van der Waals surface area contributed by atoms with Crippen LogP contribution in [0.2, 0.25) is 0 Å². The smallest absolute Gasteiger partial charge is 0.159 e. The molecule has 110 valence electrons. The van der Waals surface area contributed by atoms with E-state index in [1.54, 1.807) is 14.0 Å². The summed E-state index contributed by atoms with van der Waals surface area (Å²) >= 11 is 0. The summed E-state index contributed by atoms with van der Waals surface area (Å²) in [5.74, 6) is 0.980. The number of carbonyl (C=O) groups excluding carboxylic acids is 1. The van der Waals surface area contributed by atoms with Crippen LogP contribution in [0.3, 0.4) is 0 Å². The zero-order chi connectivity index (χ0) is 14.7. The van der Waals surface area contributed by atoms with E-state index in [4.69, 9.17) is 4.74 Å². The molecule has 20 heavy (non-hydrogen) atoms. The Morgan fingerprint density at radius 3 is 2.50 bits per heavy atom. The average molecular weight is 275 g/mol. The predicted molar refractivity (Wildman–Crippen MR) is 81.3 cm³/mol. The lowest BCUT2D eigenvalue weighted by atomic mass is 9.96. The molecule has 0 aliphatic carbocycles. The summed E-state index contributed by atoms with van der Waals surface area (Å²) in [5.41, 5.74) is 1.87. The van der Waals surface area contributed by atoms with E-state index in [0.717, 1.165) is 23.4 Å². The highest BCUT2D eigenvalue weighted by atomic mass is 16.5. The molecule has 0 spiro atoms. The molecule has 1 aliphatic rings. The number of carbonyl (C=O) groups is 1. The van der Waals surface area contributed by atoms with Crippen molar-refractivity contribution in [1.82, 2.24) is 4.90 Å². The van der Waals surface area contributed by atoms with Crippen LogP contribution in [0.4, 0.5) is 0 Å². The van der Waals surface area contributed by atoms with Gasteiger partial charge >= 0.3 is 0 Å². The predicted octanol–water partition coefficient (Wildman–Crippen LogP) is 3.66. The highest BCUT2D eigenvalue weighted by molar-refractivity contribution is 5.94. The molecule has 1 fully saturated rings. The third-order valence-electron chi connectivity index (χ3n) is 4.42. The molecule has 1 heterocycles. The molecule has 3 nitrogen and oxygen atoms in total.